The van der Waals surface area contributed by atoms with Crippen LogP contribution in [0.1, 0.15) is 22.3 Å². The van der Waals surface area contributed by atoms with Gasteiger partial charge in [-0.25, -0.2) is 9.78 Å². The molecular formula is C17H18N2O2. The van der Waals surface area contributed by atoms with Crippen LogP contribution in [0.2, 0.25) is 0 Å². The molecule has 1 aromatic carbocycles. The smallest absolute Gasteiger partial charge is 0.337 e. The van der Waals surface area contributed by atoms with Gasteiger partial charge in [0.2, 0.25) is 0 Å². The van der Waals surface area contributed by atoms with E-state index in [4.69, 9.17) is 5.11 Å². The molecule has 4 heteroatoms. The second-order valence-corrected chi connectivity index (χ2v) is 5.50. The van der Waals surface area contributed by atoms with Gasteiger partial charge in [0.25, 0.3) is 0 Å². The summed E-state index contributed by atoms with van der Waals surface area (Å²) < 4.78 is 0. The molecule has 1 N–H and O–H groups in total. The van der Waals surface area contributed by atoms with Gasteiger partial charge >= 0.3 is 5.97 Å². The normalized spacial score (nSPS) is 17.9. The van der Waals surface area contributed by atoms with Gasteiger partial charge in [-0.1, -0.05) is 30.3 Å². The van der Waals surface area contributed by atoms with E-state index in [0.29, 0.717) is 5.92 Å². The van der Waals surface area contributed by atoms with Crippen LogP contribution in [0.4, 0.5) is 5.82 Å². The highest BCUT2D eigenvalue weighted by molar-refractivity contribution is 5.87. The highest BCUT2D eigenvalue weighted by atomic mass is 16.4. The van der Waals surface area contributed by atoms with Crippen molar-refractivity contribution in [1.82, 2.24) is 4.98 Å². The molecule has 0 amide bonds. The number of carbonyl (C=O) groups is 1. The lowest BCUT2D eigenvalue weighted by Crippen LogP contribution is -2.21. The molecule has 1 fully saturated rings. The summed E-state index contributed by atoms with van der Waals surface area (Å²) in [6, 6.07) is 14.0. The summed E-state index contributed by atoms with van der Waals surface area (Å²) in [6.07, 6.45) is 3.67. The van der Waals surface area contributed by atoms with E-state index >= 15 is 0 Å². The van der Waals surface area contributed by atoms with Gasteiger partial charge in [0.05, 0.1) is 5.56 Å². The van der Waals surface area contributed by atoms with Gasteiger partial charge < -0.3 is 10.0 Å². The van der Waals surface area contributed by atoms with E-state index in [1.54, 1.807) is 12.1 Å². The number of pyridine rings is 1. The van der Waals surface area contributed by atoms with Gasteiger partial charge in [0, 0.05) is 19.3 Å². The van der Waals surface area contributed by atoms with Crippen molar-refractivity contribution >= 4 is 11.8 Å². The Morgan fingerprint density at radius 2 is 2.05 bits per heavy atom. The maximum atomic E-state index is 10.8. The number of hydrogen-bond donors (Lipinski definition) is 1. The van der Waals surface area contributed by atoms with Crippen LogP contribution in [-0.4, -0.2) is 29.1 Å². The number of nitrogens with zero attached hydrogens (tertiary/aromatic N) is 2. The average molecular weight is 282 g/mol. The molecule has 0 saturated carbocycles. The van der Waals surface area contributed by atoms with Crippen molar-refractivity contribution in [2.45, 2.75) is 12.8 Å². The molecule has 3 rings (SSSR count). The zero-order valence-electron chi connectivity index (χ0n) is 11.8. The minimum Gasteiger partial charge on any atom is -0.478 e. The Labute approximate surface area is 124 Å². The van der Waals surface area contributed by atoms with E-state index in [1.807, 2.05) is 6.07 Å². The number of benzene rings is 1. The number of rotatable bonds is 4. The first kappa shape index (κ1) is 13.6. The summed E-state index contributed by atoms with van der Waals surface area (Å²) in [4.78, 5) is 17.3. The number of carboxylic acid groups (broad SMARTS) is 1. The van der Waals surface area contributed by atoms with E-state index in [9.17, 15) is 4.79 Å². The zero-order valence-corrected chi connectivity index (χ0v) is 11.8. The number of hydrogen-bond acceptors (Lipinski definition) is 3. The highest BCUT2D eigenvalue weighted by Crippen LogP contribution is 2.24. The molecule has 0 aliphatic carbocycles. The first-order valence-electron chi connectivity index (χ1n) is 7.20. The fraction of sp³-hybridized carbons (Fsp3) is 0.294. The first-order chi connectivity index (χ1) is 10.2. The van der Waals surface area contributed by atoms with Crippen molar-refractivity contribution in [2.24, 2.45) is 5.92 Å². The van der Waals surface area contributed by atoms with Gasteiger partial charge in [0.15, 0.2) is 0 Å². The van der Waals surface area contributed by atoms with E-state index in [2.05, 4.69) is 34.1 Å². The molecule has 1 aliphatic heterocycles. The number of aromatic carboxylic acids is 1. The lowest BCUT2D eigenvalue weighted by atomic mass is 9.99. The standard InChI is InChI=1S/C17H18N2O2/c20-17(21)15-6-7-16(18-11-15)19-9-8-14(12-19)10-13-4-2-1-3-5-13/h1-7,11,14H,8-10,12H2,(H,20,21). The minimum atomic E-state index is -0.933. The fourth-order valence-corrected chi connectivity index (χ4v) is 2.85. The van der Waals surface area contributed by atoms with Crippen LogP contribution in [0, 0.1) is 5.92 Å². The molecule has 4 nitrogen and oxygen atoms in total. The SMILES string of the molecule is O=C(O)c1ccc(N2CCC(Cc3ccccc3)C2)nc1. The van der Waals surface area contributed by atoms with Crippen LogP contribution < -0.4 is 4.90 Å². The third kappa shape index (κ3) is 3.21. The topological polar surface area (TPSA) is 53.4 Å². The summed E-state index contributed by atoms with van der Waals surface area (Å²) >= 11 is 0. The zero-order chi connectivity index (χ0) is 14.7. The van der Waals surface area contributed by atoms with Crippen LogP contribution in [0.25, 0.3) is 0 Å². The molecular weight excluding hydrogens is 264 g/mol. The van der Waals surface area contributed by atoms with Crippen molar-refractivity contribution in [3.05, 3.63) is 59.8 Å². The predicted octanol–water partition coefficient (Wildman–Crippen LogP) is 2.85. The highest BCUT2D eigenvalue weighted by Gasteiger charge is 2.23. The molecule has 108 valence electrons. The van der Waals surface area contributed by atoms with E-state index in [0.717, 1.165) is 31.7 Å². The molecule has 0 radical (unpaired) electrons. The summed E-state index contributed by atoms with van der Waals surface area (Å²) in [5.41, 5.74) is 1.61. The first-order valence-corrected chi connectivity index (χ1v) is 7.20. The number of aromatic nitrogens is 1. The molecule has 1 unspecified atom stereocenters. The molecule has 2 aromatic rings. The third-order valence-corrected chi connectivity index (χ3v) is 3.97. The maximum absolute atomic E-state index is 10.8. The van der Waals surface area contributed by atoms with Crippen LogP contribution in [0.5, 0.6) is 0 Å². The van der Waals surface area contributed by atoms with Crippen LogP contribution >= 0.6 is 0 Å². The Kier molecular flexibility index (Phi) is 3.86. The summed E-state index contributed by atoms with van der Waals surface area (Å²) in [7, 11) is 0. The third-order valence-electron chi connectivity index (χ3n) is 3.97. The van der Waals surface area contributed by atoms with E-state index in [-0.39, 0.29) is 5.56 Å². The van der Waals surface area contributed by atoms with Gasteiger partial charge in [-0.2, -0.15) is 0 Å². The molecule has 1 atom stereocenters. The predicted molar refractivity (Wildman–Crippen MR) is 81.7 cm³/mol. The summed E-state index contributed by atoms with van der Waals surface area (Å²) in [6.45, 7) is 1.96. The number of carboxylic acids is 1. The summed E-state index contributed by atoms with van der Waals surface area (Å²) in [5.74, 6) is 0.571. The Balaban J connectivity index is 1.62. The Hall–Kier alpha value is -2.36. The van der Waals surface area contributed by atoms with Crippen LogP contribution in [0.15, 0.2) is 48.7 Å². The molecule has 2 heterocycles. The molecule has 1 aromatic heterocycles. The fourth-order valence-electron chi connectivity index (χ4n) is 2.85. The minimum absolute atomic E-state index is 0.235. The van der Waals surface area contributed by atoms with E-state index in [1.165, 1.54) is 11.8 Å². The summed E-state index contributed by atoms with van der Waals surface area (Å²) in [5, 5.41) is 8.89. The monoisotopic (exact) mass is 282 g/mol. The van der Waals surface area contributed by atoms with Gasteiger partial charge in [-0.05, 0) is 36.5 Å². The largest absolute Gasteiger partial charge is 0.478 e. The van der Waals surface area contributed by atoms with Gasteiger partial charge in [-0.15, -0.1) is 0 Å². The van der Waals surface area contributed by atoms with Gasteiger partial charge in [-0.3, -0.25) is 0 Å². The van der Waals surface area contributed by atoms with Gasteiger partial charge in [0.1, 0.15) is 5.82 Å². The lowest BCUT2D eigenvalue weighted by Gasteiger charge is -2.17. The maximum Gasteiger partial charge on any atom is 0.337 e. The quantitative estimate of drug-likeness (QED) is 0.937. The Morgan fingerprint density at radius 1 is 1.24 bits per heavy atom. The van der Waals surface area contributed by atoms with Crippen molar-refractivity contribution in [3.8, 4) is 0 Å². The van der Waals surface area contributed by atoms with Crippen LogP contribution in [-0.2, 0) is 6.42 Å². The molecule has 0 bridgehead atoms. The second kappa shape index (κ2) is 5.95. The molecule has 0 spiro atoms. The molecule has 1 aliphatic rings. The van der Waals surface area contributed by atoms with Crippen molar-refractivity contribution in [1.29, 1.82) is 0 Å². The van der Waals surface area contributed by atoms with Crippen molar-refractivity contribution in [3.63, 3.8) is 0 Å². The molecule has 1 saturated heterocycles. The van der Waals surface area contributed by atoms with Crippen molar-refractivity contribution in [2.75, 3.05) is 18.0 Å². The van der Waals surface area contributed by atoms with E-state index < -0.39 is 5.97 Å². The lowest BCUT2D eigenvalue weighted by molar-refractivity contribution is 0.0696. The Bertz CT molecular complexity index is 610. The second-order valence-electron chi connectivity index (χ2n) is 5.50. The van der Waals surface area contributed by atoms with Crippen molar-refractivity contribution < 1.29 is 9.90 Å². The molecule has 21 heavy (non-hydrogen) atoms. The number of anilines is 1. The Morgan fingerprint density at radius 3 is 2.71 bits per heavy atom. The van der Waals surface area contributed by atoms with Crippen LogP contribution in [0.3, 0.4) is 0 Å². The average Bonchev–Trinajstić information content (AvgIpc) is 2.97.